The van der Waals surface area contributed by atoms with Crippen LogP contribution in [0.2, 0.25) is 0 Å². The van der Waals surface area contributed by atoms with E-state index in [-0.39, 0.29) is 0 Å². The molecule has 0 atom stereocenters. The molecular weight excluding hydrogens is 240 g/mol. The van der Waals surface area contributed by atoms with Gasteiger partial charge in [0.05, 0.1) is 4.90 Å². The van der Waals surface area contributed by atoms with Crippen LogP contribution in [-0.2, 0) is 17.1 Å². The van der Waals surface area contributed by atoms with Crippen molar-refractivity contribution in [2.24, 2.45) is 0 Å². The van der Waals surface area contributed by atoms with Gasteiger partial charge in [0.25, 0.3) is 0 Å². The first-order valence-corrected chi connectivity index (χ1v) is 5.55. The summed E-state index contributed by atoms with van der Waals surface area (Å²) in [6.07, 6.45) is 0.742. The monoisotopic (exact) mass is 248 g/mol. The van der Waals surface area contributed by atoms with Crippen molar-refractivity contribution >= 4 is 26.6 Å². The zero-order valence-corrected chi connectivity index (χ0v) is 9.06. The Morgan fingerprint density at radius 3 is 2.58 bits per heavy atom. The molecule has 1 rings (SSSR count). The average molecular weight is 249 g/mol. The number of halogens is 1. The van der Waals surface area contributed by atoms with Gasteiger partial charge in [-0.05, 0) is 24.1 Å². The highest BCUT2D eigenvalue weighted by Crippen LogP contribution is 2.18. The van der Waals surface area contributed by atoms with E-state index in [9.17, 15) is 8.42 Å². The van der Waals surface area contributed by atoms with Gasteiger partial charge in [0.1, 0.15) is 0 Å². The second-order valence-electron chi connectivity index (χ2n) is 2.38. The summed E-state index contributed by atoms with van der Waals surface area (Å²) in [7, 11) is -2.47. The van der Waals surface area contributed by atoms with E-state index < -0.39 is 10.7 Å². The normalized spacial score (nSPS) is 10.6. The second-order valence-corrected chi connectivity index (χ2v) is 4.30. The van der Waals surface area contributed by atoms with Crippen LogP contribution in [0.1, 0.15) is 12.5 Å². The van der Waals surface area contributed by atoms with Crippen molar-refractivity contribution in [3.05, 3.63) is 28.2 Å². The van der Waals surface area contributed by atoms with E-state index in [1.54, 1.807) is 6.07 Å². The number of thiol groups is 1. The first-order chi connectivity index (χ1) is 5.65. The number of hydrogen-bond donors (Lipinski definition) is 1. The fourth-order valence-corrected chi connectivity index (χ4v) is 2.26. The minimum Gasteiger partial charge on any atom is -0.227 e. The highest BCUT2D eigenvalue weighted by atomic mass is 79.9. The molecular formula is C8H9BrO2S. The highest BCUT2D eigenvalue weighted by molar-refractivity contribution is 9.10. The highest BCUT2D eigenvalue weighted by Gasteiger charge is 2.02. The SMILES string of the molecule is CCc1ccc(Br)cc1[SH](=O)=O. The maximum atomic E-state index is 10.7. The summed E-state index contributed by atoms with van der Waals surface area (Å²) < 4.78 is 22.3. The topological polar surface area (TPSA) is 34.1 Å². The summed E-state index contributed by atoms with van der Waals surface area (Å²) in [5.74, 6) is 0. The van der Waals surface area contributed by atoms with E-state index in [1.165, 1.54) is 0 Å². The minimum atomic E-state index is -2.47. The molecule has 66 valence electrons. The molecule has 0 aliphatic rings. The van der Waals surface area contributed by atoms with E-state index in [0.717, 1.165) is 16.5 Å². The largest absolute Gasteiger partial charge is 0.227 e. The molecule has 2 nitrogen and oxygen atoms in total. The van der Waals surface area contributed by atoms with Crippen LogP contribution in [0.4, 0.5) is 0 Å². The van der Waals surface area contributed by atoms with Crippen LogP contribution in [0.3, 0.4) is 0 Å². The molecule has 0 saturated carbocycles. The van der Waals surface area contributed by atoms with E-state index in [4.69, 9.17) is 0 Å². The van der Waals surface area contributed by atoms with Crippen molar-refractivity contribution in [1.29, 1.82) is 0 Å². The number of rotatable bonds is 2. The van der Waals surface area contributed by atoms with Gasteiger partial charge >= 0.3 is 0 Å². The van der Waals surface area contributed by atoms with Gasteiger partial charge in [-0.15, -0.1) is 0 Å². The molecule has 0 N–H and O–H groups in total. The Morgan fingerprint density at radius 2 is 2.08 bits per heavy atom. The molecule has 0 amide bonds. The summed E-state index contributed by atoms with van der Waals surface area (Å²) in [5, 5.41) is 0. The molecule has 0 spiro atoms. The molecule has 0 aliphatic heterocycles. The molecule has 0 radical (unpaired) electrons. The van der Waals surface area contributed by atoms with Crippen LogP contribution < -0.4 is 0 Å². The van der Waals surface area contributed by atoms with Crippen LogP contribution in [0.25, 0.3) is 0 Å². The molecule has 0 heterocycles. The van der Waals surface area contributed by atoms with Crippen LogP contribution >= 0.6 is 15.9 Å². The van der Waals surface area contributed by atoms with Crippen molar-refractivity contribution in [2.45, 2.75) is 18.2 Å². The molecule has 0 unspecified atom stereocenters. The van der Waals surface area contributed by atoms with Crippen LogP contribution in [0.5, 0.6) is 0 Å². The van der Waals surface area contributed by atoms with Gasteiger partial charge < -0.3 is 0 Å². The molecule has 1 aromatic carbocycles. The Morgan fingerprint density at radius 1 is 1.42 bits per heavy atom. The Balaban J connectivity index is 3.31. The predicted octanol–water partition coefficient (Wildman–Crippen LogP) is 1.98. The van der Waals surface area contributed by atoms with Gasteiger partial charge in [-0.3, -0.25) is 0 Å². The van der Waals surface area contributed by atoms with Crippen LogP contribution in [-0.4, -0.2) is 8.42 Å². The Labute approximate surface area is 81.7 Å². The maximum absolute atomic E-state index is 10.7. The van der Waals surface area contributed by atoms with E-state index in [2.05, 4.69) is 15.9 Å². The molecule has 0 aromatic heterocycles. The molecule has 1 aromatic rings. The van der Waals surface area contributed by atoms with Gasteiger partial charge in [-0.1, -0.05) is 28.9 Å². The van der Waals surface area contributed by atoms with Crippen molar-refractivity contribution in [3.8, 4) is 0 Å². The third-order valence-electron chi connectivity index (χ3n) is 1.62. The zero-order valence-electron chi connectivity index (χ0n) is 6.58. The summed E-state index contributed by atoms with van der Waals surface area (Å²) in [6.45, 7) is 1.94. The quantitative estimate of drug-likeness (QED) is 0.813. The van der Waals surface area contributed by atoms with Gasteiger partial charge in [-0.25, -0.2) is 8.42 Å². The van der Waals surface area contributed by atoms with Crippen molar-refractivity contribution in [1.82, 2.24) is 0 Å². The standard InChI is InChI=1S/C8H9BrO2S/c1-2-6-3-4-7(9)5-8(6)12(10)11/h3-5,12H,2H2,1H3. The number of aryl methyl sites for hydroxylation is 1. The minimum absolute atomic E-state index is 0.418. The molecule has 4 heteroatoms. The number of benzene rings is 1. The summed E-state index contributed by atoms with van der Waals surface area (Å²) in [5.41, 5.74) is 0.870. The molecule has 0 fully saturated rings. The Kier molecular flexibility index (Phi) is 3.29. The summed E-state index contributed by atoms with van der Waals surface area (Å²) in [4.78, 5) is 0.418. The first-order valence-electron chi connectivity index (χ1n) is 3.58. The lowest BCUT2D eigenvalue weighted by Gasteiger charge is -2.00. The zero-order chi connectivity index (χ0) is 9.14. The van der Waals surface area contributed by atoms with Gasteiger partial charge in [0.2, 0.25) is 0 Å². The average Bonchev–Trinajstić information content (AvgIpc) is 2.04. The molecule has 0 bridgehead atoms. The summed E-state index contributed by atoms with van der Waals surface area (Å²) >= 11 is 3.23. The molecule has 0 saturated heterocycles. The second kappa shape index (κ2) is 4.05. The van der Waals surface area contributed by atoms with Crippen molar-refractivity contribution in [3.63, 3.8) is 0 Å². The first kappa shape index (κ1) is 9.74. The van der Waals surface area contributed by atoms with E-state index >= 15 is 0 Å². The van der Waals surface area contributed by atoms with E-state index in [1.807, 2.05) is 19.1 Å². The molecule has 0 aliphatic carbocycles. The van der Waals surface area contributed by atoms with Crippen LogP contribution in [0, 0.1) is 0 Å². The van der Waals surface area contributed by atoms with E-state index in [0.29, 0.717) is 4.90 Å². The summed E-state index contributed by atoms with van der Waals surface area (Å²) in [6, 6.07) is 5.30. The lowest BCUT2D eigenvalue weighted by atomic mass is 10.2. The fourth-order valence-electron chi connectivity index (χ4n) is 1.01. The van der Waals surface area contributed by atoms with Crippen molar-refractivity contribution in [2.75, 3.05) is 0 Å². The molecule has 12 heavy (non-hydrogen) atoms. The lowest BCUT2D eigenvalue weighted by molar-refractivity contribution is 0.613. The van der Waals surface area contributed by atoms with Crippen molar-refractivity contribution < 1.29 is 8.42 Å². The maximum Gasteiger partial charge on any atom is 0.168 e. The lowest BCUT2D eigenvalue weighted by Crippen LogP contribution is -1.89. The third kappa shape index (κ3) is 2.08. The Bertz CT molecular complexity index is 350. The van der Waals surface area contributed by atoms with Crippen LogP contribution in [0.15, 0.2) is 27.6 Å². The van der Waals surface area contributed by atoms with Gasteiger partial charge in [0, 0.05) is 4.47 Å². The predicted molar refractivity (Wildman–Crippen MR) is 52.1 cm³/mol. The smallest absolute Gasteiger partial charge is 0.168 e. The van der Waals surface area contributed by atoms with Gasteiger partial charge in [-0.2, -0.15) is 0 Å². The Hall–Kier alpha value is -0.350. The van der Waals surface area contributed by atoms with Gasteiger partial charge in [0.15, 0.2) is 10.7 Å². The third-order valence-corrected chi connectivity index (χ3v) is 2.93. The fraction of sp³-hybridized carbons (Fsp3) is 0.250. The number of hydrogen-bond acceptors (Lipinski definition) is 2.